The molecule has 1 saturated heterocycles. The van der Waals surface area contributed by atoms with Crippen LogP contribution in [0.15, 0.2) is 35.3 Å². The lowest BCUT2D eigenvalue weighted by Gasteiger charge is -2.37. The number of aromatic nitrogens is 2. The first kappa shape index (κ1) is 13.6. The monoisotopic (exact) mass is 286 g/mol. The summed E-state index contributed by atoms with van der Waals surface area (Å²) in [5, 5.41) is 0. The van der Waals surface area contributed by atoms with E-state index in [4.69, 9.17) is 5.73 Å². The van der Waals surface area contributed by atoms with Crippen molar-refractivity contribution in [3.63, 3.8) is 0 Å². The van der Waals surface area contributed by atoms with Crippen LogP contribution in [0.2, 0.25) is 0 Å². The maximum atomic E-state index is 12.2. The molecule has 0 spiro atoms. The minimum absolute atomic E-state index is 0.121. The largest absolute Gasteiger partial charge is 0.369 e. The average molecular weight is 286 g/mol. The fourth-order valence-electron chi connectivity index (χ4n) is 2.85. The minimum Gasteiger partial charge on any atom is -0.369 e. The first-order valence-electron chi connectivity index (χ1n) is 7.10. The molecule has 3 rings (SSSR count). The lowest BCUT2D eigenvalue weighted by atomic mass is 9.93. The van der Waals surface area contributed by atoms with Gasteiger partial charge in [-0.15, -0.1) is 0 Å². The van der Waals surface area contributed by atoms with E-state index in [1.54, 1.807) is 18.3 Å². The third-order valence-corrected chi connectivity index (χ3v) is 4.14. The summed E-state index contributed by atoms with van der Waals surface area (Å²) in [5.74, 6) is 0.145. The number of primary amides is 1. The number of pyridine rings is 1. The van der Waals surface area contributed by atoms with Gasteiger partial charge in [-0.2, -0.15) is 0 Å². The topological polar surface area (TPSA) is 80.7 Å². The van der Waals surface area contributed by atoms with Gasteiger partial charge in [0, 0.05) is 24.8 Å². The molecule has 1 aliphatic heterocycles. The van der Waals surface area contributed by atoms with E-state index in [0.29, 0.717) is 18.0 Å². The van der Waals surface area contributed by atoms with Crippen LogP contribution in [0.1, 0.15) is 19.8 Å². The van der Waals surface area contributed by atoms with E-state index in [1.807, 2.05) is 11.0 Å². The van der Waals surface area contributed by atoms with Gasteiger partial charge in [-0.1, -0.05) is 6.07 Å². The average Bonchev–Trinajstić information content (AvgIpc) is 2.47. The van der Waals surface area contributed by atoms with E-state index in [1.165, 1.54) is 10.5 Å². The first-order valence-corrected chi connectivity index (χ1v) is 7.10. The molecule has 21 heavy (non-hydrogen) atoms. The Morgan fingerprint density at radius 2 is 2.19 bits per heavy atom. The Labute approximate surface area is 122 Å². The van der Waals surface area contributed by atoms with E-state index in [2.05, 4.69) is 11.9 Å². The van der Waals surface area contributed by atoms with Gasteiger partial charge in [-0.25, -0.2) is 4.98 Å². The number of nitrogens with two attached hydrogens (primary N) is 1. The van der Waals surface area contributed by atoms with E-state index < -0.39 is 0 Å². The van der Waals surface area contributed by atoms with Crippen molar-refractivity contribution < 1.29 is 4.79 Å². The number of fused-ring (bicyclic) bond motifs is 1. The highest BCUT2D eigenvalue weighted by Gasteiger charge is 2.29. The van der Waals surface area contributed by atoms with E-state index in [9.17, 15) is 9.59 Å². The van der Waals surface area contributed by atoms with Crippen LogP contribution < -0.4 is 16.2 Å². The normalized spacial score (nSPS) is 22.4. The van der Waals surface area contributed by atoms with Gasteiger partial charge in [0.1, 0.15) is 11.5 Å². The summed E-state index contributed by atoms with van der Waals surface area (Å²) in [6.45, 7) is 2.59. The van der Waals surface area contributed by atoms with E-state index in [0.717, 1.165) is 12.8 Å². The fourth-order valence-corrected chi connectivity index (χ4v) is 2.85. The van der Waals surface area contributed by atoms with Crippen molar-refractivity contribution in [2.24, 2.45) is 11.7 Å². The zero-order valence-corrected chi connectivity index (χ0v) is 11.9. The molecule has 2 atom stereocenters. The van der Waals surface area contributed by atoms with Gasteiger partial charge in [-0.05, 0) is 31.9 Å². The third kappa shape index (κ3) is 2.49. The molecule has 2 aromatic rings. The molecule has 0 radical (unpaired) electrons. The molecule has 1 aliphatic rings. The molecular weight excluding hydrogens is 268 g/mol. The number of carbonyl (C=O) groups excluding carboxylic acids is 1. The molecule has 1 amide bonds. The van der Waals surface area contributed by atoms with Crippen LogP contribution in [0.25, 0.3) is 5.65 Å². The molecule has 3 heterocycles. The number of carbonyl (C=O) groups is 1. The van der Waals surface area contributed by atoms with Crippen LogP contribution in [0.3, 0.4) is 0 Å². The summed E-state index contributed by atoms with van der Waals surface area (Å²) in [5.41, 5.74) is 5.91. The molecule has 1 fully saturated rings. The predicted molar refractivity (Wildman–Crippen MR) is 80.2 cm³/mol. The molecule has 2 aromatic heterocycles. The van der Waals surface area contributed by atoms with Gasteiger partial charge in [0.05, 0.1) is 5.92 Å². The number of piperidine rings is 1. The molecule has 6 nitrogen and oxygen atoms in total. The second kappa shape index (κ2) is 5.20. The Balaban J connectivity index is 2.02. The number of anilines is 1. The minimum atomic E-state index is -0.288. The molecular formula is C15H18N4O2. The van der Waals surface area contributed by atoms with Crippen LogP contribution in [-0.4, -0.2) is 27.9 Å². The van der Waals surface area contributed by atoms with Crippen LogP contribution in [0.4, 0.5) is 5.82 Å². The second-order valence-electron chi connectivity index (χ2n) is 5.56. The highest BCUT2D eigenvalue weighted by molar-refractivity contribution is 5.77. The maximum absolute atomic E-state index is 12.2. The molecule has 0 saturated carbocycles. The summed E-state index contributed by atoms with van der Waals surface area (Å²) in [4.78, 5) is 30.1. The highest BCUT2D eigenvalue weighted by Crippen LogP contribution is 2.25. The Bertz CT molecular complexity index is 740. The van der Waals surface area contributed by atoms with Gasteiger partial charge < -0.3 is 10.6 Å². The van der Waals surface area contributed by atoms with Crippen LogP contribution in [0, 0.1) is 5.92 Å². The zero-order chi connectivity index (χ0) is 15.0. The lowest BCUT2D eigenvalue weighted by molar-refractivity contribution is -0.122. The SMILES string of the molecule is C[C@@H]1CC[C@@H](C(N)=O)CN1c1cc(=O)n2ccccc2n1. The van der Waals surface area contributed by atoms with Crippen molar-refractivity contribution in [2.75, 3.05) is 11.4 Å². The van der Waals surface area contributed by atoms with Crippen LogP contribution in [0.5, 0.6) is 0 Å². The molecule has 110 valence electrons. The molecule has 0 unspecified atom stereocenters. The molecule has 0 aliphatic carbocycles. The Hall–Kier alpha value is -2.37. The smallest absolute Gasteiger partial charge is 0.259 e. The number of rotatable bonds is 2. The van der Waals surface area contributed by atoms with Crippen molar-refractivity contribution in [3.8, 4) is 0 Å². The first-order chi connectivity index (χ1) is 10.1. The van der Waals surface area contributed by atoms with Gasteiger partial charge in [0.15, 0.2) is 0 Å². The van der Waals surface area contributed by atoms with Crippen molar-refractivity contribution in [2.45, 2.75) is 25.8 Å². The lowest BCUT2D eigenvalue weighted by Crippen LogP contribution is -2.46. The van der Waals surface area contributed by atoms with Gasteiger partial charge in [0.25, 0.3) is 5.56 Å². The molecule has 0 aromatic carbocycles. The number of hydrogen-bond acceptors (Lipinski definition) is 4. The van der Waals surface area contributed by atoms with Crippen LogP contribution >= 0.6 is 0 Å². The Kier molecular flexibility index (Phi) is 3.37. The summed E-state index contributed by atoms with van der Waals surface area (Å²) < 4.78 is 1.50. The summed E-state index contributed by atoms with van der Waals surface area (Å²) in [6, 6.07) is 7.19. The summed E-state index contributed by atoms with van der Waals surface area (Å²) in [6.07, 6.45) is 3.35. The quantitative estimate of drug-likeness (QED) is 0.885. The second-order valence-corrected chi connectivity index (χ2v) is 5.56. The number of amides is 1. The van der Waals surface area contributed by atoms with Crippen molar-refractivity contribution in [3.05, 3.63) is 40.8 Å². The highest BCUT2D eigenvalue weighted by atomic mass is 16.1. The standard InChI is InChI=1S/C15H18N4O2/c1-10-5-6-11(15(16)21)9-19(10)13-8-14(20)18-7-3-2-4-12(18)17-13/h2-4,7-8,10-11H,5-6,9H2,1H3,(H2,16,21)/t10-,11-/m1/s1. The van der Waals surface area contributed by atoms with Crippen molar-refractivity contribution in [1.29, 1.82) is 0 Å². The summed E-state index contributed by atoms with van der Waals surface area (Å²) >= 11 is 0. The van der Waals surface area contributed by atoms with Gasteiger partial charge in [-0.3, -0.25) is 14.0 Å². The van der Waals surface area contributed by atoms with Crippen molar-refractivity contribution in [1.82, 2.24) is 9.38 Å². The zero-order valence-electron chi connectivity index (χ0n) is 11.9. The molecule has 6 heteroatoms. The predicted octanol–water partition coefficient (Wildman–Crippen LogP) is 0.785. The third-order valence-electron chi connectivity index (χ3n) is 4.14. The summed E-state index contributed by atoms with van der Waals surface area (Å²) in [7, 11) is 0. The molecule has 0 bridgehead atoms. The number of nitrogens with zero attached hydrogens (tertiary/aromatic N) is 3. The van der Waals surface area contributed by atoms with Gasteiger partial charge >= 0.3 is 0 Å². The molecule has 2 N–H and O–H groups in total. The van der Waals surface area contributed by atoms with Crippen LogP contribution in [-0.2, 0) is 4.79 Å². The van der Waals surface area contributed by atoms with Crippen molar-refractivity contribution >= 4 is 17.4 Å². The Morgan fingerprint density at radius 3 is 2.95 bits per heavy atom. The fraction of sp³-hybridized carbons (Fsp3) is 0.400. The van der Waals surface area contributed by atoms with Gasteiger partial charge in [0.2, 0.25) is 5.91 Å². The maximum Gasteiger partial charge on any atom is 0.259 e. The van der Waals surface area contributed by atoms with E-state index >= 15 is 0 Å². The number of hydrogen-bond donors (Lipinski definition) is 1. The van der Waals surface area contributed by atoms with E-state index in [-0.39, 0.29) is 23.4 Å². The Morgan fingerprint density at radius 1 is 1.38 bits per heavy atom.